The van der Waals surface area contributed by atoms with Crippen molar-refractivity contribution < 1.29 is 21.9 Å². The average molecular weight is 497 g/mol. The molecule has 0 amide bonds. The molecule has 3 aromatic rings. The number of hydrogen-bond donors (Lipinski definition) is 2. The zero-order valence-electron chi connectivity index (χ0n) is 17.9. The summed E-state index contributed by atoms with van der Waals surface area (Å²) in [4.78, 5) is 4.52. The van der Waals surface area contributed by atoms with Crippen LogP contribution in [0.5, 0.6) is 5.88 Å². The molecule has 33 heavy (non-hydrogen) atoms. The van der Waals surface area contributed by atoms with Crippen LogP contribution in [0.25, 0.3) is 21.9 Å². The van der Waals surface area contributed by atoms with Gasteiger partial charge in [0.1, 0.15) is 5.52 Å². The molecule has 0 aromatic carbocycles. The van der Waals surface area contributed by atoms with Gasteiger partial charge in [0.25, 0.3) is 6.43 Å². The van der Waals surface area contributed by atoms with Crippen LogP contribution >= 0.6 is 11.3 Å². The molecule has 4 heterocycles. The highest BCUT2D eigenvalue weighted by Gasteiger charge is 2.41. The average Bonchev–Trinajstić information content (AvgIpc) is 3.18. The van der Waals surface area contributed by atoms with E-state index in [0.717, 1.165) is 25.0 Å². The van der Waals surface area contributed by atoms with Gasteiger partial charge in [-0.05, 0) is 44.4 Å². The third kappa shape index (κ3) is 4.14. The second kappa shape index (κ2) is 8.08. The zero-order chi connectivity index (χ0) is 23.4. The summed E-state index contributed by atoms with van der Waals surface area (Å²) in [6.45, 7) is 3.24. The van der Waals surface area contributed by atoms with Gasteiger partial charge in [0, 0.05) is 23.8 Å². The summed E-state index contributed by atoms with van der Waals surface area (Å²) < 4.78 is 62.6. The number of hydrogen-bond acceptors (Lipinski definition) is 8. The number of methoxy groups -OCH3 is 1. The van der Waals surface area contributed by atoms with Crippen molar-refractivity contribution >= 4 is 32.4 Å². The highest BCUT2D eigenvalue weighted by Crippen LogP contribution is 2.39. The van der Waals surface area contributed by atoms with E-state index in [1.165, 1.54) is 13.3 Å². The molecule has 3 aromatic heterocycles. The summed E-state index contributed by atoms with van der Waals surface area (Å²) in [5, 5.41) is 10.4. The molecular formula is C20H22F2N6O3S2. The van der Waals surface area contributed by atoms with E-state index in [2.05, 4.69) is 25.2 Å². The van der Waals surface area contributed by atoms with Crippen LogP contribution in [0.4, 0.5) is 8.78 Å². The minimum atomic E-state index is -3.85. The molecule has 1 saturated carbocycles. The number of alkyl halides is 2. The first-order chi connectivity index (χ1) is 15.7. The maximum absolute atomic E-state index is 13.3. The van der Waals surface area contributed by atoms with Crippen LogP contribution in [0, 0.1) is 0 Å². The zero-order valence-corrected chi connectivity index (χ0v) is 19.6. The fourth-order valence-corrected chi connectivity index (χ4v) is 5.97. The molecule has 0 radical (unpaired) electrons. The summed E-state index contributed by atoms with van der Waals surface area (Å²) in [5.74, 6) is 0.441. The predicted octanol–water partition coefficient (Wildman–Crippen LogP) is 3.01. The van der Waals surface area contributed by atoms with E-state index in [0.29, 0.717) is 35.4 Å². The molecule has 5 rings (SSSR count). The fraction of sp³-hybridized carbons (Fsp3) is 0.450. The molecule has 0 bridgehead atoms. The molecule has 0 atom stereocenters. The van der Waals surface area contributed by atoms with E-state index in [-0.39, 0.29) is 21.6 Å². The molecule has 9 nitrogen and oxygen atoms in total. The van der Waals surface area contributed by atoms with E-state index < -0.39 is 27.0 Å². The maximum Gasteiger partial charge on any atom is 0.291 e. The normalized spacial score (nSPS) is 18.0. The van der Waals surface area contributed by atoms with Crippen LogP contribution in [-0.2, 0) is 10.0 Å². The predicted molar refractivity (Wildman–Crippen MR) is 119 cm³/mol. The van der Waals surface area contributed by atoms with Crippen molar-refractivity contribution in [2.24, 2.45) is 0 Å². The number of fused-ring (bicyclic) bond motifs is 1. The Morgan fingerprint density at radius 3 is 2.73 bits per heavy atom. The number of rotatable bonds is 7. The number of sulfonamides is 1. The second-order valence-electron chi connectivity index (χ2n) is 8.35. The first-order valence-corrected chi connectivity index (χ1v) is 12.7. The van der Waals surface area contributed by atoms with Crippen molar-refractivity contribution in [3.63, 3.8) is 0 Å². The lowest BCUT2D eigenvalue weighted by Crippen LogP contribution is -2.34. The van der Waals surface area contributed by atoms with E-state index in [1.54, 1.807) is 10.5 Å². The number of ether oxygens (including phenoxy) is 1. The van der Waals surface area contributed by atoms with Gasteiger partial charge in [-0.3, -0.25) is 4.40 Å². The van der Waals surface area contributed by atoms with Gasteiger partial charge < -0.3 is 10.1 Å². The van der Waals surface area contributed by atoms with Gasteiger partial charge in [-0.15, -0.1) is 10.2 Å². The van der Waals surface area contributed by atoms with E-state index in [4.69, 9.17) is 4.74 Å². The molecular weight excluding hydrogens is 474 g/mol. The Kier molecular flexibility index (Phi) is 5.46. The van der Waals surface area contributed by atoms with Crippen LogP contribution in [0.2, 0.25) is 0 Å². The summed E-state index contributed by atoms with van der Waals surface area (Å²) in [6.07, 6.45) is 2.88. The molecule has 176 valence electrons. The minimum Gasteiger partial charge on any atom is -0.479 e. The topological polar surface area (TPSA) is 111 Å². The number of imidazole rings is 1. The Morgan fingerprint density at radius 1 is 1.33 bits per heavy atom. The summed E-state index contributed by atoms with van der Waals surface area (Å²) in [5.41, 5.74) is 1.70. The number of pyridine rings is 1. The molecule has 0 unspecified atom stereocenters. The SMILES string of the molecule is COc1nc(-c2nnc(C(F)F)s2)n2cc(S(=O)(=O)NC3(C)CC3)cc(C3=CCNCC3)c12. The third-order valence-corrected chi connectivity index (χ3v) is 8.32. The molecule has 2 N–H and O–H groups in total. The molecule has 0 saturated heterocycles. The Labute approximate surface area is 192 Å². The third-order valence-electron chi connectivity index (χ3n) is 5.79. The number of nitrogens with zero attached hydrogens (tertiary/aromatic N) is 4. The number of aromatic nitrogens is 4. The maximum atomic E-state index is 13.3. The van der Waals surface area contributed by atoms with E-state index in [1.807, 2.05) is 13.0 Å². The van der Waals surface area contributed by atoms with E-state index in [9.17, 15) is 17.2 Å². The first kappa shape index (κ1) is 22.3. The first-order valence-electron chi connectivity index (χ1n) is 10.4. The summed E-state index contributed by atoms with van der Waals surface area (Å²) in [6, 6.07) is 1.62. The van der Waals surface area contributed by atoms with Crippen molar-refractivity contribution in [1.82, 2.24) is 29.6 Å². The van der Waals surface area contributed by atoms with Crippen LogP contribution in [0.1, 0.15) is 43.2 Å². The highest BCUT2D eigenvalue weighted by atomic mass is 32.2. The van der Waals surface area contributed by atoms with Gasteiger partial charge in [-0.1, -0.05) is 17.4 Å². The van der Waals surface area contributed by atoms with Crippen LogP contribution in [-0.4, -0.2) is 53.7 Å². The molecule has 1 fully saturated rings. The Morgan fingerprint density at radius 2 is 2.12 bits per heavy atom. The second-order valence-corrected chi connectivity index (χ2v) is 11.0. The Hall–Kier alpha value is -2.48. The standard InChI is InChI=1S/C20H22F2N6O3S2/c1-20(5-6-20)27-33(29,30)12-9-13(11-3-7-23-8-4-11)14-17(31-2)24-16(28(14)10-12)19-26-25-18(32-19)15(21)22/h3,9-10,15,23,27H,4-8H2,1-2H3. The monoisotopic (exact) mass is 496 g/mol. The molecule has 2 aliphatic rings. The van der Waals surface area contributed by atoms with Crippen LogP contribution in [0.15, 0.2) is 23.2 Å². The largest absolute Gasteiger partial charge is 0.479 e. The number of nitrogens with one attached hydrogen (secondary N) is 2. The van der Waals surface area contributed by atoms with Crippen molar-refractivity contribution in [2.45, 2.75) is 43.0 Å². The van der Waals surface area contributed by atoms with Gasteiger partial charge in [-0.2, -0.15) is 4.98 Å². The van der Waals surface area contributed by atoms with Crippen LogP contribution in [0.3, 0.4) is 0 Å². The minimum absolute atomic E-state index is 0.0532. The van der Waals surface area contributed by atoms with Crippen molar-refractivity contribution in [3.05, 3.63) is 28.9 Å². The molecule has 13 heteroatoms. The fourth-order valence-electron chi connectivity index (χ4n) is 3.80. The van der Waals surface area contributed by atoms with Gasteiger partial charge >= 0.3 is 0 Å². The van der Waals surface area contributed by atoms with Gasteiger partial charge in [0.2, 0.25) is 15.9 Å². The molecule has 1 aliphatic heterocycles. The van der Waals surface area contributed by atoms with Crippen molar-refractivity contribution in [3.8, 4) is 16.7 Å². The lowest BCUT2D eigenvalue weighted by molar-refractivity contribution is 0.150. The van der Waals surface area contributed by atoms with Gasteiger partial charge in [0.05, 0.1) is 12.0 Å². The highest BCUT2D eigenvalue weighted by molar-refractivity contribution is 7.89. The van der Waals surface area contributed by atoms with Crippen molar-refractivity contribution in [1.29, 1.82) is 0 Å². The Balaban J connectivity index is 1.76. The lowest BCUT2D eigenvalue weighted by Gasteiger charge is -2.18. The number of halogens is 2. The summed E-state index contributed by atoms with van der Waals surface area (Å²) >= 11 is 0.707. The Bertz CT molecular complexity index is 1360. The van der Waals surface area contributed by atoms with Crippen molar-refractivity contribution in [2.75, 3.05) is 20.2 Å². The van der Waals surface area contributed by atoms with Gasteiger partial charge in [-0.25, -0.2) is 21.9 Å². The smallest absolute Gasteiger partial charge is 0.291 e. The van der Waals surface area contributed by atoms with Crippen LogP contribution < -0.4 is 14.8 Å². The van der Waals surface area contributed by atoms with E-state index >= 15 is 0 Å². The summed E-state index contributed by atoms with van der Waals surface area (Å²) in [7, 11) is -2.39. The molecule has 1 aliphatic carbocycles. The quantitative estimate of drug-likeness (QED) is 0.517. The molecule has 0 spiro atoms. The van der Waals surface area contributed by atoms with Gasteiger partial charge in [0.15, 0.2) is 15.8 Å². The lowest BCUT2D eigenvalue weighted by atomic mass is 10.00.